The molecule has 3 nitrogen and oxygen atoms in total. The van der Waals surface area contributed by atoms with E-state index < -0.39 is 0 Å². The Labute approximate surface area is 156 Å². The number of hydrogen-bond donors (Lipinski definition) is 1. The predicted molar refractivity (Wildman–Crippen MR) is 102 cm³/mol. The maximum absolute atomic E-state index is 13.6. The molecule has 0 aromatic heterocycles. The van der Waals surface area contributed by atoms with Gasteiger partial charge in [-0.05, 0) is 42.7 Å². The van der Waals surface area contributed by atoms with E-state index in [-0.39, 0.29) is 17.5 Å². The zero-order valence-corrected chi connectivity index (χ0v) is 15.6. The molecule has 2 aromatic carbocycles. The van der Waals surface area contributed by atoms with E-state index in [9.17, 15) is 9.18 Å². The zero-order valence-electron chi connectivity index (χ0n) is 14.1. The van der Waals surface area contributed by atoms with E-state index in [0.29, 0.717) is 22.9 Å². The average Bonchev–Trinajstić information content (AvgIpc) is 2.62. The summed E-state index contributed by atoms with van der Waals surface area (Å²) >= 11 is 7.31. The normalized spacial score (nSPS) is 10.5. The van der Waals surface area contributed by atoms with Crippen LogP contribution in [-0.2, 0) is 17.0 Å². The number of carbonyl (C=O) groups excluding carboxylic acids is 1. The molecule has 0 aliphatic carbocycles. The molecule has 0 radical (unpaired) electrons. The van der Waals surface area contributed by atoms with Crippen molar-refractivity contribution in [3.63, 3.8) is 0 Å². The van der Waals surface area contributed by atoms with Gasteiger partial charge >= 0.3 is 0 Å². The fourth-order valence-electron chi connectivity index (χ4n) is 2.28. The molecule has 134 valence electrons. The number of thioether (sulfide) groups is 1. The molecule has 0 spiro atoms. The smallest absolute Gasteiger partial charge is 0.230 e. The van der Waals surface area contributed by atoms with Crippen molar-refractivity contribution in [1.29, 1.82) is 0 Å². The molecule has 0 saturated heterocycles. The van der Waals surface area contributed by atoms with Gasteiger partial charge in [-0.1, -0.05) is 29.8 Å². The van der Waals surface area contributed by atoms with Gasteiger partial charge in [0.25, 0.3) is 0 Å². The van der Waals surface area contributed by atoms with Crippen LogP contribution in [0.25, 0.3) is 0 Å². The first-order valence-electron chi connectivity index (χ1n) is 8.00. The molecule has 1 N–H and O–H groups in total. The van der Waals surface area contributed by atoms with Crippen LogP contribution in [0.4, 0.5) is 4.39 Å². The second kappa shape index (κ2) is 10.3. The molecule has 25 heavy (non-hydrogen) atoms. The molecule has 0 unspecified atom stereocenters. The summed E-state index contributed by atoms with van der Waals surface area (Å²) in [5, 5.41) is 3.28. The highest BCUT2D eigenvalue weighted by atomic mass is 35.5. The Kier molecular flexibility index (Phi) is 8.09. The van der Waals surface area contributed by atoms with E-state index >= 15 is 0 Å². The fourth-order valence-corrected chi connectivity index (χ4v) is 3.48. The summed E-state index contributed by atoms with van der Waals surface area (Å²) in [6, 6.07) is 12.5. The average molecular weight is 382 g/mol. The third kappa shape index (κ3) is 6.59. The summed E-state index contributed by atoms with van der Waals surface area (Å²) in [6.07, 6.45) is 1.75. The fraction of sp³-hybridized carbons (Fsp3) is 0.316. The number of nitrogens with one attached hydrogen (secondary N) is 1. The van der Waals surface area contributed by atoms with E-state index in [2.05, 4.69) is 5.32 Å². The van der Waals surface area contributed by atoms with Gasteiger partial charge in [0.2, 0.25) is 5.91 Å². The third-order valence-electron chi connectivity index (χ3n) is 3.66. The lowest BCUT2D eigenvalue weighted by molar-refractivity contribution is -0.118. The highest BCUT2D eigenvalue weighted by Crippen LogP contribution is 2.23. The van der Waals surface area contributed by atoms with Crippen molar-refractivity contribution in [1.82, 2.24) is 5.32 Å². The molecule has 0 saturated carbocycles. The first-order chi connectivity index (χ1) is 12.1. The highest BCUT2D eigenvalue weighted by Gasteiger charge is 2.08. The van der Waals surface area contributed by atoms with Gasteiger partial charge in [-0.25, -0.2) is 4.39 Å². The third-order valence-corrected chi connectivity index (χ3v) is 4.98. The molecular weight excluding hydrogens is 361 g/mol. The first-order valence-corrected chi connectivity index (χ1v) is 9.53. The predicted octanol–water partition coefficient (Wildman–Crippen LogP) is 4.47. The van der Waals surface area contributed by atoms with Crippen molar-refractivity contribution in [2.45, 2.75) is 18.6 Å². The van der Waals surface area contributed by atoms with E-state index in [0.717, 1.165) is 18.6 Å². The highest BCUT2D eigenvalue weighted by molar-refractivity contribution is 7.99. The zero-order chi connectivity index (χ0) is 18.1. The number of ether oxygens (including phenoxy) is 1. The standard InChI is InChI=1S/C19H21ClFNO2S/c1-24-15-9-7-14(8-10-15)4-3-11-22-19(23)13-25-12-16-17(20)5-2-6-18(16)21/h2,5-10H,3-4,11-13H2,1H3,(H,22,23). The van der Waals surface area contributed by atoms with Gasteiger partial charge in [0, 0.05) is 22.9 Å². The molecule has 0 atom stereocenters. The Balaban J connectivity index is 1.62. The first kappa shape index (κ1) is 19.6. The quantitative estimate of drug-likeness (QED) is 0.651. The van der Waals surface area contributed by atoms with Crippen molar-refractivity contribution in [3.8, 4) is 5.75 Å². The van der Waals surface area contributed by atoms with Gasteiger partial charge in [-0.3, -0.25) is 4.79 Å². The van der Waals surface area contributed by atoms with Gasteiger partial charge in [-0.2, -0.15) is 0 Å². The van der Waals surface area contributed by atoms with Gasteiger partial charge in [0.05, 0.1) is 12.9 Å². The number of methoxy groups -OCH3 is 1. The number of halogens is 2. The van der Waals surface area contributed by atoms with Gasteiger partial charge in [-0.15, -0.1) is 11.8 Å². The van der Waals surface area contributed by atoms with E-state index in [1.54, 1.807) is 19.2 Å². The van der Waals surface area contributed by atoms with Crippen molar-refractivity contribution in [3.05, 3.63) is 64.4 Å². The molecule has 0 fully saturated rings. The Morgan fingerprint density at radius 2 is 2.00 bits per heavy atom. The lowest BCUT2D eigenvalue weighted by Gasteiger charge is -2.07. The summed E-state index contributed by atoms with van der Waals surface area (Å²) in [4.78, 5) is 11.8. The van der Waals surface area contributed by atoms with Crippen molar-refractivity contribution in [2.24, 2.45) is 0 Å². The Bertz CT molecular complexity index is 674. The summed E-state index contributed by atoms with van der Waals surface area (Å²) in [5.41, 5.74) is 1.65. The minimum absolute atomic E-state index is 0.0489. The molecule has 2 aromatic rings. The molecule has 2 rings (SSSR count). The van der Waals surface area contributed by atoms with E-state index in [1.165, 1.54) is 23.4 Å². The van der Waals surface area contributed by atoms with Crippen molar-refractivity contribution in [2.75, 3.05) is 19.4 Å². The van der Waals surface area contributed by atoms with Crippen LogP contribution in [0.2, 0.25) is 5.02 Å². The molecular formula is C19H21ClFNO2S. The number of benzene rings is 2. The molecule has 0 aliphatic heterocycles. The minimum Gasteiger partial charge on any atom is -0.497 e. The van der Waals surface area contributed by atoms with Crippen LogP contribution in [0, 0.1) is 5.82 Å². The molecule has 0 aliphatic rings. The minimum atomic E-state index is -0.333. The molecule has 0 heterocycles. The number of hydrogen-bond acceptors (Lipinski definition) is 3. The lowest BCUT2D eigenvalue weighted by atomic mass is 10.1. The molecule has 1 amide bonds. The number of rotatable bonds is 9. The van der Waals surface area contributed by atoms with Crippen molar-refractivity contribution >= 4 is 29.3 Å². The van der Waals surface area contributed by atoms with Crippen LogP contribution in [0.5, 0.6) is 5.75 Å². The van der Waals surface area contributed by atoms with Gasteiger partial charge < -0.3 is 10.1 Å². The second-order valence-corrected chi connectivity index (χ2v) is 6.89. The van der Waals surface area contributed by atoms with Crippen LogP contribution < -0.4 is 10.1 Å². The van der Waals surface area contributed by atoms with Gasteiger partial charge in [0.1, 0.15) is 11.6 Å². The van der Waals surface area contributed by atoms with Crippen LogP contribution >= 0.6 is 23.4 Å². The maximum atomic E-state index is 13.6. The number of amides is 1. The monoisotopic (exact) mass is 381 g/mol. The summed E-state index contributed by atoms with van der Waals surface area (Å²) in [5.74, 6) is 1.12. The maximum Gasteiger partial charge on any atom is 0.230 e. The van der Waals surface area contributed by atoms with Gasteiger partial charge in [0.15, 0.2) is 0 Å². The van der Waals surface area contributed by atoms with Crippen LogP contribution in [0.1, 0.15) is 17.5 Å². The summed E-state index contributed by atoms with van der Waals surface area (Å²) in [6.45, 7) is 0.617. The SMILES string of the molecule is COc1ccc(CCCNC(=O)CSCc2c(F)cccc2Cl)cc1. The topological polar surface area (TPSA) is 38.3 Å². The van der Waals surface area contributed by atoms with E-state index in [1.807, 2.05) is 24.3 Å². The summed E-state index contributed by atoms with van der Waals surface area (Å²) in [7, 11) is 1.64. The largest absolute Gasteiger partial charge is 0.497 e. The molecule has 0 bridgehead atoms. The lowest BCUT2D eigenvalue weighted by Crippen LogP contribution is -2.26. The van der Waals surface area contributed by atoms with Crippen LogP contribution in [0.3, 0.4) is 0 Å². The summed E-state index contributed by atoms with van der Waals surface area (Å²) < 4.78 is 18.7. The molecule has 6 heteroatoms. The Morgan fingerprint density at radius 1 is 1.24 bits per heavy atom. The number of aryl methyl sites for hydroxylation is 1. The van der Waals surface area contributed by atoms with E-state index in [4.69, 9.17) is 16.3 Å². The Hall–Kier alpha value is -1.72. The van der Waals surface area contributed by atoms with Crippen LogP contribution in [0.15, 0.2) is 42.5 Å². The number of carbonyl (C=O) groups is 1. The second-order valence-electron chi connectivity index (χ2n) is 5.49. The van der Waals surface area contributed by atoms with Crippen molar-refractivity contribution < 1.29 is 13.9 Å². The Morgan fingerprint density at radius 3 is 2.68 bits per heavy atom. The van der Waals surface area contributed by atoms with Crippen LogP contribution in [-0.4, -0.2) is 25.3 Å².